The number of carbonyl (C=O) groups is 2. The number of fused-ring (bicyclic) bond motifs is 1. The second-order valence-corrected chi connectivity index (χ2v) is 5.77. The maximum Gasteiger partial charge on any atom is 0.339 e. The third-order valence-corrected chi connectivity index (χ3v) is 3.90. The van der Waals surface area contributed by atoms with Crippen LogP contribution in [0.3, 0.4) is 0 Å². The lowest BCUT2D eigenvalue weighted by Crippen LogP contribution is -2.21. The van der Waals surface area contributed by atoms with Crippen molar-refractivity contribution in [3.8, 4) is 11.5 Å². The van der Waals surface area contributed by atoms with E-state index >= 15 is 0 Å². The Bertz CT molecular complexity index is 983. The highest BCUT2D eigenvalue weighted by Crippen LogP contribution is 2.27. The van der Waals surface area contributed by atoms with Gasteiger partial charge >= 0.3 is 5.97 Å². The first-order chi connectivity index (χ1) is 13.1. The molecule has 0 heterocycles. The minimum absolute atomic E-state index is 0.0104. The molecule has 6 heteroatoms. The second-order valence-electron chi connectivity index (χ2n) is 5.77. The number of aromatic carboxylic acids is 1. The quantitative estimate of drug-likeness (QED) is 0.662. The number of carbonyl (C=O) groups excluding carboxylic acids is 1. The zero-order valence-electron chi connectivity index (χ0n) is 14.8. The molecule has 0 fully saturated rings. The van der Waals surface area contributed by atoms with E-state index in [1.54, 1.807) is 24.3 Å². The van der Waals surface area contributed by atoms with Gasteiger partial charge in [0.25, 0.3) is 5.91 Å². The summed E-state index contributed by atoms with van der Waals surface area (Å²) in [5.74, 6) is -0.816. The largest absolute Gasteiger partial charge is 0.492 e. The van der Waals surface area contributed by atoms with E-state index in [4.69, 9.17) is 9.47 Å². The van der Waals surface area contributed by atoms with Gasteiger partial charge in [0.05, 0.1) is 12.3 Å². The van der Waals surface area contributed by atoms with E-state index < -0.39 is 11.9 Å². The molecule has 0 aliphatic rings. The Hall–Kier alpha value is -3.54. The Morgan fingerprint density at radius 3 is 2.30 bits per heavy atom. The van der Waals surface area contributed by atoms with Crippen molar-refractivity contribution < 1.29 is 24.2 Å². The number of para-hydroxylation sites is 2. The van der Waals surface area contributed by atoms with Gasteiger partial charge in [-0.2, -0.15) is 0 Å². The molecule has 0 aromatic heterocycles. The molecule has 0 aliphatic heterocycles. The Labute approximate surface area is 156 Å². The van der Waals surface area contributed by atoms with Crippen LogP contribution < -0.4 is 14.8 Å². The molecular formula is C21H19NO5. The van der Waals surface area contributed by atoms with E-state index in [9.17, 15) is 14.7 Å². The molecule has 0 unspecified atom stereocenters. The number of benzene rings is 3. The van der Waals surface area contributed by atoms with Gasteiger partial charge in [-0.1, -0.05) is 36.4 Å². The molecule has 0 bridgehead atoms. The molecule has 0 atom stereocenters. The Kier molecular flexibility index (Phi) is 5.56. The van der Waals surface area contributed by atoms with Crippen LogP contribution in [0, 0.1) is 0 Å². The molecule has 0 saturated heterocycles. The highest BCUT2D eigenvalue weighted by Gasteiger charge is 2.15. The predicted octanol–water partition coefficient (Wildman–Crippen LogP) is 3.95. The number of nitrogens with one attached hydrogen (secondary N) is 1. The van der Waals surface area contributed by atoms with Crippen LogP contribution in [-0.4, -0.2) is 30.2 Å². The molecule has 3 aromatic rings. The molecule has 0 spiro atoms. The van der Waals surface area contributed by atoms with Crippen LogP contribution in [0.2, 0.25) is 0 Å². The summed E-state index contributed by atoms with van der Waals surface area (Å²) in [5, 5.41) is 13.8. The van der Waals surface area contributed by atoms with Crippen LogP contribution >= 0.6 is 0 Å². The fraction of sp³-hybridized carbons (Fsp3) is 0.143. The average molecular weight is 365 g/mol. The standard InChI is InChI=1S/C21H19NO5/c1-2-26-18-10-6-5-9-17(18)22-20(23)13-27-19-12-15-8-4-3-7-14(15)11-16(19)21(24)25/h3-12H,2,13H2,1H3,(H,22,23)(H,24,25). The van der Waals surface area contributed by atoms with Crippen LogP contribution in [-0.2, 0) is 4.79 Å². The fourth-order valence-electron chi connectivity index (χ4n) is 2.69. The van der Waals surface area contributed by atoms with Gasteiger partial charge in [0.2, 0.25) is 0 Å². The third kappa shape index (κ3) is 4.36. The lowest BCUT2D eigenvalue weighted by molar-refractivity contribution is -0.118. The molecular weight excluding hydrogens is 346 g/mol. The summed E-state index contributed by atoms with van der Waals surface area (Å²) in [7, 11) is 0. The topological polar surface area (TPSA) is 84.9 Å². The SMILES string of the molecule is CCOc1ccccc1NC(=O)COc1cc2ccccc2cc1C(=O)O. The molecule has 27 heavy (non-hydrogen) atoms. The van der Waals surface area contributed by atoms with Crippen molar-refractivity contribution >= 4 is 28.3 Å². The van der Waals surface area contributed by atoms with E-state index in [0.29, 0.717) is 18.0 Å². The summed E-state index contributed by atoms with van der Waals surface area (Å²) in [6.45, 7) is 2.01. The zero-order chi connectivity index (χ0) is 19.2. The van der Waals surface area contributed by atoms with Crippen LogP contribution in [0.5, 0.6) is 11.5 Å². The van der Waals surface area contributed by atoms with Gasteiger partial charge in [0.15, 0.2) is 6.61 Å². The maximum atomic E-state index is 12.2. The number of rotatable bonds is 7. The lowest BCUT2D eigenvalue weighted by atomic mass is 10.1. The van der Waals surface area contributed by atoms with Crippen LogP contribution in [0.25, 0.3) is 10.8 Å². The van der Waals surface area contributed by atoms with E-state index in [-0.39, 0.29) is 17.9 Å². The van der Waals surface area contributed by atoms with Crippen molar-refractivity contribution in [3.05, 3.63) is 66.2 Å². The van der Waals surface area contributed by atoms with Crippen LogP contribution in [0.4, 0.5) is 5.69 Å². The zero-order valence-corrected chi connectivity index (χ0v) is 14.8. The minimum atomic E-state index is -1.11. The minimum Gasteiger partial charge on any atom is -0.492 e. The van der Waals surface area contributed by atoms with Gasteiger partial charge in [-0.05, 0) is 42.0 Å². The Morgan fingerprint density at radius 1 is 0.926 bits per heavy atom. The number of carboxylic acid groups (broad SMARTS) is 1. The van der Waals surface area contributed by atoms with E-state index in [0.717, 1.165) is 10.8 Å². The lowest BCUT2D eigenvalue weighted by Gasteiger charge is -2.13. The maximum absolute atomic E-state index is 12.2. The fourth-order valence-corrected chi connectivity index (χ4v) is 2.69. The van der Waals surface area contributed by atoms with Crippen molar-refractivity contribution in [3.63, 3.8) is 0 Å². The summed E-state index contributed by atoms with van der Waals surface area (Å²) in [6.07, 6.45) is 0. The number of ether oxygens (including phenoxy) is 2. The van der Waals surface area contributed by atoms with Crippen molar-refractivity contribution in [2.75, 3.05) is 18.5 Å². The van der Waals surface area contributed by atoms with Crippen LogP contribution in [0.1, 0.15) is 17.3 Å². The van der Waals surface area contributed by atoms with Crippen molar-refractivity contribution in [1.29, 1.82) is 0 Å². The second kappa shape index (κ2) is 8.23. The average Bonchev–Trinajstić information content (AvgIpc) is 2.67. The van der Waals surface area contributed by atoms with Gasteiger partial charge in [0, 0.05) is 0 Å². The van der Waals surface area contributed by atoms with E-state index in [1.165, 1.54) is 6.07 Å². The van der Waals surface area contributed by atoms with Crippen molar-refractivity contribution in [2.24, 2.45) is 0 Å². The van der Waals surface area contributed by atoms with Gasteiger partial charge in [-0.3, -0.25) is 4.79 Å². The molecule has 0 saturated carbocycles. The van der Waals surface area contributed by atoms with Crippen molar-refractivity contribution in [1.82, 2.24) is 0 Å². The van der Waals surface area contributed by atoms with E-state index in [2.05, 4.69) is 5.32 Å². The number of anilines is 1. The summed E-state index contributed by atoms with van der Waals surface area (Å²) < 4.78 is 11.0. The van der Waals surface area contributed by atoms with Gasteiger partial charge in [-0.15, -0.1) is 0 Å². The highest BCUT2D eigenvalue weighted by molar-refractivity contribution is 5.98. The number of amides is 1. The molecule has 6 nitrogen and oxygen atoms in total. The first kappa shape index (κ1) is 18.3. The van der Waals surface area contributed by atoms with Gasteiger partial charge in [0.1, 0.15) is 17.1 Å². The smallest absolute Gasteiger partial charge is 0.339 e. The summed E-state index contributed by atoms with van der Waals surface area (Å²) >= 11 is 0. The first-order valence-electron chi connectivity index (χ1n) is 8.49. The summed E-state index contributed by atoms with van der Waals surface area (Å²) in [5.41, 5.74) is 0.543. The summed E-state index contributed by atoms with van der Waals surface area (Å²) in [6, 6.07) is 17.6. The molecule has 138 valence electrons. The van der Waals surface area contributed by atoms with Gasteiger partial charge in [-0.25, -0.2) is 4.79 Å². The Morgan fingerprint density at radius 2 is 1.59 bits per heavy atom. The normalized spacial score (nSPS) is 10.4. The predicted molar refractivity (Wildman–Crippen MR) is 103 cm³/mol. The summed E-state index contributed by atoms with van der Waals surface area (Å²) in [4.78, 5) is 23.8. The van der Waals surface area contributed by atoms with Crippen LogP contribution in [0.15, 0.2) is 60.7 Å². The monoisotopic (exact) mass is 365 g/mol. The molecule has 3 rings (SSSR count). The van der Waals surface area contributed by atoms with Crippen molar-refractivity contribution in [2.45, 2.75) is 6.92 Å². The molecule has 0 aliphatic carbocycles. The molecule has 1 amide bonds. The molecule has 2 N–H and O–H groups in total. The third-order valence-electron chi connectivity index (χ3n) is 3.90. The first-order valence-corrected chi connectivity index (χ1v) is 8.49. The number of carboxylic acids is 1. The number of hydrogen-bond donors (Lipinski definition) is 2. The number of hydrogen-bond acceptors (Lipinski definition) is 4. The molecule has 3 aromatic carbocycles. The molecule has 0 radical (unpaired) electrons. The van der Waals surface area contributed by atoms with Gasteiger partial charge < -0.3 is 19.9 Å². The highest BCUT2D eigenvalue weighted by atomic mass is 16.5. The Balaban J connectivity index is 1.75. The van der Waals surface area contributed by atoms with E-state index in [1.807, 2.05) is 37.3 Å².